The van der Waals surface area contributed by atoms with Gasteiger partial charge in [-0.25, -0.2) is 0 Å². The summed E-state index contributed by atoms with van der Waals surface area (Å²) in [4.78, 5) is 2.37. The first-order chi connectivity index (χ1) is 10.8. The molecule has 112 valence electrons. The van der Waals surface area contributed by atoms with Gasteiger partial charge < -0.3 is 0 Å². The molecular weight excluding hydrogens is 270 g/mol. The fourth-order valence-corrected chi connectivity index (χ4v) is 2.69. The van der Waals surface area contributed by atoms with Crippen LogP contribution in [0.5, 0.6) is 0 Å². The van der Waals surface area contributed by atoms with Crippen LogP contribution in [0.25, 0.3) is 5.57 Å². The highest BCUT2D eigenvalue weighted by atomic mass is 15.3. The van der Waals surface area contributed by atoms with Gasteiger partial charge in [-0.05, 0) is 24.5 Å². The van der Waals surface area contributed by atoms with E-state index in [-0.39, 0.29) is 0 Å². The maximum Gasteiger partial charge on any atom is 0.0659 e. The van der Waals surface area contributed by atoms with E-state index >= 15 is 0 Å². The Morgan fingerprint density at radius 1 is 1.23 bits per heavy atom. The van der Waals surface area contributed by atoms with Gasteiger partial charge >= 0.3 is 0 Å². The molecule has 0 amide bonds. The van der Waals surface area contributed by atoms with Crippen molar-refractivity contribution in [2.75, 3.05) is 19.6 Å². The summed E-state index contributed by atoms with van der Waals surface area (Å²) in [6.07, 6.45) is 7.52. The maximum atomic E-state index is 4.50. The molecule has 3 nitrogen and oxygen atoms in total. The molecule has 0 unspecified atom stereocenters. The predicted octanol–water partition coefficient (Wildman–Crippen LogP) is 3.04. The first-order valence-electron chi connectivity index (χ1n) is 7.73. The van der Waals surface area contributed by atoms with E-state index in [9.17, 15) is 0 Å². The molecule has 1 aliphatic rings. The van der Waals surface area contributed by atoms with Crippen molar-refractivity contribution in [2.24, 2.45) is 0 Å². The Morgan fingerprint density at radius 3 is 2.82 bits per heavy atom. The minimum atomic E-state index is 0.826. The molecule has 0 spiro atoms. The largest absolute Gasteiger partial charge is 0.288 e. The van der Waals surface area contributed by atoms with Gasteiger partial charge in [-0.1, -0.05) is 42.3 Å². The number of aromatic nitrogens is 2. The van der Waals surface area contributed by atoms with Gasteiger partial charge in [-0.2, -0.15) is 5.10 Å². The van der Waals surface area contributed by atoms with Crippen molar-refractivity contribution in [1.82, 2.24) is 14.7 Å². The topological polar surface area (TPSA) is 21.1 Å². The lowest BCUT2D eigenvalue weighted by molar-refractivity contribution is 0.339. The molecule has 3 heteroatoms. The molecule has 3 rings (SSSR count). The number of rotatable bonds is 4. The molecule has 0 bridgehead atoms. The Balaban J connectivity index is 1.64. The van der Waals surface area contributed by atoms with E-state index in [0.717, 1.165) is 32.6 Å². The van der Waals surface area contributed by atoms with E-state index in [1.807, 2.05) is 23.9 Å². The Kier molecular flexibility index (Phi) is 4.72. The molecule has 1 aromatic carbocycles. The van der Waals surface area contributed by atoms with Crippen molar-refractivity contribution < 1.29 is 0 Å². The molecule has 0 aliphatic carbocycles. The zero-order valence-electron chi connectivity index (χ0n) is 13.0. The van der Waals surface area contributed by atoms with Crippen molar-refractivity contribution >= 4 is 5.57 Å². The molecule has 0 N–H and O–H groups in total. The van der Waals surface area contributed by atoms with Gasteiger partial charge in [0.25, 0.3) is 0 Å². The third kappa shape index (κ3) is 3.66. The highest BCUT2D eigenvalue weighted by molar-refractivity contribution is 5.65. The molecule has 2 aromatic rings. The monoisotopic (exact) mass is 291 g/mol. The highest BCUT2D eigenvalue weighted by Gasteiger charge is 2.13. The molecule has 1 aliphatic heterocycles. The van der Waals surface area contributed by atoms with Gasteiger partial charge in [0.2, 0.25) is 0 Å². The minimum absolute atomic E-state index is 0.826. The van der Waals surface area contributed by atoms with E-state index in [2.05, 4.69) is 58.4 Å². The van der Waals surface area contributed by atoms with Crippen LogP contribution >= 0.6 is 0 Å². The molecule has 22 heavy (non-hydrogen) atoms. The zero-order chi connectivity index (χ0) is 15.2. The van der Waals surface area contributed by atoms with Gasteiger partial charge in [0, 0.05) is 24.8 Å². The fourth-order valence-electron chi connectivity index (χ4n) is 2.69. The quantitative estimate of drug-likeness (QED) is 0.807. The average molecular weight is 291 g/mol. The third-order valence-corrected chi connectivity index (χ3v) is 3.96. The number of nitrogens with zero attached hydrogens (tertiary/aromatic N) is 3. The maximum absolute atomic E-state index is 4.50. The number of benzene rings is 1. The van der Waals surface area contributed by atoms with Gasteiger partial charge in [0.1, 0.15) is 0 Å². The molecule has 0 saturated heterocycles. The summed E-state index contributed by atoms with van der Waals surface area (Å²) < 4.78 is 2.01. The van der Waals surface area contributed by atoms with Crippen molar-refractivity contribution in [3.05, 3.63) is 59.9 Å². The third-order valence-electron chi connectivity index (χ3n) is 3.96. The first-order valence-corrected chi connectivity index (χ1v) is 7.73. The van der Waals surface area contributed by atoms with Gasteiger partial charge in [-0.3, -0.25) is 9.58 Å². The highest BCUT2D eigenvalue weighted by Crippen LogP contribution is 2.21. The van der Waals surface area contributed by atoms with Crippen molar-refractivity contribution in [3.63, 3.8) is 0 Å². The summed E-state index contributed by atoms with van der Waals surface area (Å²) in [7, 11) is 0. The molecule has 0 atom stereocenters. The fraction of sp³-hybridized carbons (Fsp3) is 0.316. The summed E-state index contributed by atoms with van der Waals surface area (Å²) in [6.45, 7) is 5.64. The summed E-state index contributed by atoms with van der Waals surface area (Å²) in [5.74, 6) is 6.09. The Morgan fingerprint density at radius 2 is 2.09 bits per heavy atom. The van der Waals surface area contributed by atoms with Crippen LogP contribution in [0.3, 0.4) is 0 Å². The van der Waals surface area contributed by atoms with Crippen LogP contribution in [-0.2, 0) is 6.54 Å². The van der Waals surface area contributed by atoms with Crippen LogP contribution in [0.2, 0.25) is 0 Å². The van der Waals surface area contributed by atoms with Crippen molar-refractivity contribution in [3.8, 4) is 11.8 Å². The van der Waals surface area contributed by atoms with Crippen LogP contribution in [0.4, 0.5) is 0 Å². The average Bonchev–Trinajstić information content (AvgIpc) is 3.03. The van der Waals surface area contributed by atoms with E-state index in [1.165, 1.54) is 16.7 Å². The van der Waals surface area contributed by atoms with Crippen LogP contribution < -0.4 is 0 Å². The molecule has 2 heterocycles. The minimum Gasteiger partial charge on any atom is -0.288 e. The van der Waals surface area contributed by atoms with Crippen LogP contribution in [0.15, 0.2) is 48.8 Å². The summed E-state index contributed by atoms with van der Waals surface area (Å²) in [5.41, 5.74) is 3.93. The predicted molar refractivity (Wildman–Crippen MR) is 90.3 cm³/mol. The first kappa shape index (κ1) is 14.6. The van der Waals surface area contributed by atoms with Gasteiger partial charge in [0.05, 0.1) is 19.3 Å². The molecule has 1 aromatic heterocycles. The molecular formula is C19H21N3. The normalized spacial score (nSPS) is 15.0. The van der Waals surface area contributed by atoms with E-state index in [1.54, 1.807) is 0 Å². The van der Waals surface area contributed by atoms with E-state index in [4.69, 9.17) is 0 Å². The smallest absolute Gasteiger partial charge is 0.0659 e. The second-order valence-electron chi connectivity index (χ2n) is 5.55. The molecule has 0 radical (unpaired) electrons. The SMILES string of the molecule is CC#CCN1CC=C(c2cnn(Cc3ccccc3)c2)CC1. The second-order valence-corrected chi connectivity index (χ2v) is 5.55. The van der Waals surface area contributed by atoms with Gasteiger partial charge in [-0.15, -0.1) is 5.92 Å². The lowest BCUT2D eigenvalue weighted by atomic mass is 10.0. The molecule has 0 fully saturated rings. The zero-order valence-corrected chi connectivity index (χ0v) is 13.0. The lowest BCUT2D eigenvalue weighted by Crippen LogP contribution is -2.28. The van der Waals surface area contributed by atoms with E-state index in [0.29, 0.717) is 0 Å². The lowest BCUT2D eigenvalue weighted by Gasteiger charge is -2.23. The Bertz CT molecular complexity index is 701. The summed E-state index contributed by atoms with van der Waals surface area (Å²) in [6, 6.07) is 10.4. The van der Waals surface area contributed by atoms with Crippen LogP contribution in [0, 0.1) is 11.8 Å². The van der Waals surface area contributed by atoms with Crippen LogP contribution in [0.1, 0.15) is 24.5 Å². The second kappa shape index (κ2) is 7.11. The van der Waals surface area contributed by atoms with Crippen molar-refractivity contribution in [1.29, 1.82) is 0 Å². The number of hydrogen-bond donors (Lipinski definition) is 0. The number of hydrogen-bond acceptors (Lipinski definition) is 2. The summed E-state index contributed by atoms with van der Waals surface area (Å²) in [5, 5.41) is 4.50. The summed E-state index contributed by atoms with van der Waals surface area (Å²) >= 11 is 0. The van der Waals surface area contributed by atoms with Gasteiger partial charge in [0.15, 0.2) is 0 Å². The Labute approximate surface area is 132 Å². The van der Waals surface area contributed by atoms with Crippen molar-refractivity contribution in [2.45, 2.75) is 19.9 Å². The van der Waals surface area contributed by atoms with E-state index < -0.39 is 0 Å². The molecule has 0 saturated carbocycles. The van der Waals surface area contributed by atoms with Crippen LogP contribution in [-0.4, -0.2) is 34.3 Å². The Hall–Kier alpha value is -2.31. The standard InChI is InChI=1S/C19H21N3/c1-2-3-11-21-12-9-18(10-13-21)19-14-20-22(16-19)15-17-7-5-4-6-8-17/h4-9,14,16H,10-13,15H2,1H3.